The van der Waals surface area contributed by atoms with E-state index in [9.17, 15) is 0 Å². The van der Waals surface area contributed by atoms with Gasteiger partial charge in [0.15, 0.2) is 0 Å². The highest BCUT2D eigenvalue weighted by molar-refractivity contribution is 7.80. The maximum absolute atomic E-state index is 4.18. The molecule has 0 aromatic heterocycles. The Labute approximate surface area is 98.7 Å². The summed E-state index contributed by atoms with van der Waals surface area (Å²) in [5.41, 5.74) is 2.81. The van der Waals surface area contributed by atoms with Crippen LogP contribution in [0.25, 0.3) is 0 Å². The van der Waals surface area contributed by atoms with Crippen LogP contribution >= 0.6 is 12.6 Å². The zero-order valence-electron chi connectivity index (χ0n) is 9.50. The lowest BCUT2D eigenvalue weighted by Gasteiger charge is -2.05. The SMILES string of the molecule is CCCc1ccc(CNCCCS)cc1. The summed E-state index contributed by atoms with van der Waals surface area (Å²) in [6.07, 6.45) is 3.55. The third-order valence-corrected chi connectivity index (χ3v) is 2.72. The molecule has 15 heavy (non-hydrogen) atoms. The minimum Gasteiger partial charge on any atom is -0.313 e. The summed E-state index contributed by atoms with van der Waals surface area (Å²) in [6, 6.07) is 8.91. The van der Waals surface area contributed by atoms with Gasteiger partial charge in [0.1, 0.15) is 0 Å². The number of aryl methyl sites for hydroxylation is 1. The minimum atomic E-state index is 0.961. The quantitative estimate of drug-likeness (QED) is 0.535. The molecule has 84 valence electrons. The molecule has 0 aliphatic heterocycles. The van der Waals surface area contributed by atoms with Gasteiger partial charge in [-0.1, -0.05) is 37.6 Å². The first-order chi connectivity index (χ1) is 7.36. The van der Waals surface area contributed by atoms with Gasteiger partial charge in [0.2, 0.25) is 0 Å². The number of hydrogen-bond donors (Lipinski definition) is 2. The van der Waals surface area contributed by atoms with Crippen molar-refractivity contribution in [1.82, 2.24) is 5.32 Å². The molecule has 1 N–H and O–H groups in total. The third-order valence-electron chi connectivity index (χ3n) is 2.40. The molecule has 1 aromatic carbocycles. The van der Waals surface area contributed by atoms with Gasteiger partial charge in [-0.15, -0.1) is 0 Å². The molecular formula is C13H21NS. The number of nitrogens with one attached hydrogen (secondary N) is 1. The molecule has 0 aliphatic rings. The first-order valence-corrected chi connectivity index (χ1v) is 6.39. The van der Waals surface area contributed by atoms with Crippen LogP contribution in [0.5, 0.6) is 0 Å². The van der Waals surface area contributed by atoms with Gasteiger partial charge in [-0.25, -0.2) is 0 Å². The van der Waals surface area contributed by atoms with Crippen LogP contribution in [0.1, 0.15) is 30.9 Å². The van der Waals surface area contributed by atoms with Gasteiger partial charge in [0, 0.05) is 6.54 Å². The summed E-state index contributed by atoms with van der Waals surface area (Å²) >= 11 is 4.18. The lowest BCUT2D eigenvalue weighted by molar-refractivity contribution is 0.679. The van der Waals surface area contributed by atoms with Crippen molar-refractivity contribution in [1.29, 1.82) is 0 Å². The Balaban J connectivity index is 2.29. The highest BCUT2D eigenvalue weighted by Gasteiger charge is 1.93. The zero-order chi connectivity index (χ0) is 10.9. The molecule has 0 saturated carbocycles. The summed E-state index contributed by atoms with van der Waals surface area (Å²) in [5.74, 6) is 0.961. The van der Waals surface area contributed by atoms with Crippen molar-refractivity contribution < 1.29 is 0 Å². The molecule has 0 unspecified atom stereocenters. The van der Waals surface area contributed by atoms with E-state index in [1.807, 2.05) is 0 Å². The summed E-state index contributed by atoms with van der Waals surface area (Å²) in [7, 11) is 0. The van der Waals surface area contributed by atoms with Gasteiger partial charge in [0.25, 0.3) is 0 Å². The molecule has 0 radical (unpaired) electrons. The van der Waals surface area contributed by atoms with E-state index < -0.39 is 0 Å². The summed E-state index contributed by atoms with van der Waals surface area (Å²) < 4.78 is 0. The van der Waals surface area contributed by atoms with Crippen LogP contribution in [-0.4, -0.2) is 12.3 Å². The first kappa shape index (κ1) is 12.6. The molecule has 0 amide bonds. The predicted molar refractivity (Wildman–Crippen MR) is 70.6 cm³/mol. The van der Waals surface area contributed by atoms with Crippen molar-refractivity contribution in [2.75, 3.05) is 12.3 Å². The molecule has 0 heterocycles. The Morgan fingerprint density at radius 3 is 2.40 bits per heavy atom. The van der Waals surface area contributed by atoms with E-state index in [4.69, 9.17) is 0 Å². The van der Waals surface area contributed by atoms with Crippen LogP contribution in [0.4, 0.5) is 0 Å². The Morgan fingerprint density at radius 1 is 1.13 bits per heavy atom. The van der Waals surface area contributed by atoms with Gasteiger partial charge >= 0.3 is 0 Å². The summed E-state index contributed by atoms with van der Waals surface area (Å²) in [5, 5.41) is 3.41. The van der Waals surface area contributed by atoms with Crippen molar-refractivity contribution in [3.05, 3.63) is 35.4 Å². The number of thiol groups is 1. The van der Waals surface area contributed by atoms with Gasteiger partial charge in [-0.05, 0) is 36.3 Å². The average Bonchev–Trinajstić information content (AvgIpc) is 2.27. The second-order valence-electron chi connectivity index (χ2n) is 3.82. The number of rotatable bonds is 7. The molecule has 1 aromatic rings. The highest BCUT2D eigenvalue weighted by Crippen LogP contribution is 2.06. The van der Waals surface area contributed by atoms with E-state index in [-0.39, 0.29) is 0 Å². The van der Waals surface area contributed by atoms with Crippen molar-refractivity contribution in [3.63, 3.8) is 0 Å². The van der Waals surface area contributed by atoms with Gasteiger partial charge in [-0.2, -0.15) is 12.6 Å². The van der Waals surface area contributed by atoms with Crippen molar-refractivity contribution in [2.45, 2.75) is 32.7 Å². The van der Waals surface area contributed by atoms with E-state index in [2.05, 4.69) is 49.1 Å². The fourth-order valence-electron chi connectivity index (χ4n) is 1.55. The van der Waals surface area contributed by atoms with Crippen molar-refractivity contribution >= 4 is 12.6 Å². The average molecular weight is 223 g/mol. The fraction of sp³-hybridized carbons (Fsp3) is 0.538. The maximum atomic E-state index is 4.18. The van der Waals surface area contributed by atoms with Crippen LogP contribution < -0.4 is 5.32 Å². The molecule has 0 bridgehead atoms. The van der Waals surface area contributed by atoms with E-state index in [1.54, 1.807) is 0 Å². The van der Waals surface area contributed by atoms with Crippen LogP contribution in [-0.2, 0) is 13.0 Å². The highest BCUT2D eigenvalue weighted by atomic mass is 32.1. The molecular weight excluding hydrogens is 202 g/mol. The largest absolute Gasteiger partial charge is 0.313 e. The molecule has 1 nitrogen and oxygen atoms in total. The maximum Gasteiger partial charge on any atom is 0.0205 e. The van der Waals surface area contributed by atoms with Gasteiger partial charge < -0.3 is 5.32 Å². The van der Waals surface area contributed by atoms with Crippen molar-refractivity contribution in [2.24, 2.45) is 0 Å². The Bertz CT molecular complexity index is 256. The standard InChI is InChI=1S/C13H21NS/c1-2-4-12-5-7-13(8-6-12)11-14-9-3-10-15/h5-8,14-15H,2-4,9-11H2,1H3. The van der Waals surface area contributed by atoms with Crippen LogP contribution in [0, 0.1) is 0 Å². The molecule has 0 aliphatic carbocycles. The van der Waals surface area contributed by atoms with E-state index >= 15 is 0 Å². The molecule has 0 spiro atoms. The number of hydrogen-bond acceptors (Lipinski definition) is 2. The first-order valence-electron chi connectivity index (χ1n) is 5.76. The second kappa shape index (κ2) is 7.77. The molecule has 0 saturated heterocycles. The summed E-state index contributed by atoms with van der Waals surface area (Å²) in [6.45, 7) is 4.24. The van der Waals surface area contributed by atoms with Crippen LogP contribution in [0.15, 0.2) is 24.3 Å². The third kappa shape index (κ3) is 5.24. The molecule has 0 atom stereocenters. The molecule has 2 heteroatoms. The van der Waals surface area contributed by atoms with Crippen LogP contribution in [0.2, 0.25) is 0 Å². The fourth-order valence-corrected chi connectivity index (χ4v) is 1.71. The van der Waals surface area contributed by atoms with E-state index in [0.29, 0.717) is 0 Å². The van der Waals surface area contributed by atoms with E-state index in [0.717, 1.165) is 25.3 Å². The Hall–Kier alpha value is -0.470. The van der Waals surface area contributed by atoms with Crippen molar-refractivity contribution in [3.8, 4) is 0 Å². The van der Waals surface area contributed by atoms with E-state index in [1.165, 1.54) is 24.0 Å². The molecule has 1 rings (SSSR count). The lowest BCUT2D eigenvalue weighted by atomic mass is 10.1. The van der Waals surface area contributed by atoms with Gasteiger partial charge in [0.05, 0.1) is 0 Å². The van der Waals surface area contributed by atoms with Gasteiger partial charge in [-0.3, -0.25) is 0 Å². The molecule has 0 fully saturated rings. The Morgan fingerprint density at radius 2 is 1.80 bits per heavy atom. The topological polar surface area (TPSA) is 12.0 Å². The zero-order valence-corrected chi connectivity index (χ0v) is 10.4. The predicted octanol–water partition coefficient (Wildman–Crippen LogP) is 3.05. The second-order valence-corrected chi connectivity index (χ2v) is 4.27. The Kier molecular flexibility index (Phi) is 6.53. The normalized spacial score (nSPS) is 10.5. The number of benzene rings is 1. The van der Waals surface area contributed by atoms with Crippen LogP contribution in [0.3, 0.4) is 0 Å². The monoisotopic (exact) mass is 223 g/mol. The summed E-state index contributed by atoms with van der Waals surface area (Å²) in [4.78, 5) is 0. The minimum absolute atomic E-state index is 0.961. The lowest BCUT2D eigenvalue weighted by Crippen LogP contribution is -2.14. The smallest absolute Gasteiger partial charge is 0.0205 e.